The Morgan fingerprint density at radius 2 is 1.97 bits per heavy atom. The number of hydrogen-bond donors (Lipinski definition) is 3. The summed E-state index contributed by atoms with van der Waals surface area (Å²) < 4.78 is 38.5. The van der Waals surface area contributed by atoms with E-state index in [0.717, 1.165) is 30.8 Å². The van der Waals surface area contributed by atoms with Crippen molar-refractivity contribution in [2.75, 3.05) is 55.6 Å². The molecule has 3 aromatic heterocycles. The Kier molecular flexibility index (Phi) is 6.45. The van der Waals surface area contributed by atoms with E-state index in [2.05, 4.69) is 40.8 Å². The highest BCUT2D eigenvalue weighted by atomic mass is 19.1. The van der Waals surface area contributed by atoms with Crippen molar-refractivity contribution in [1.29, 1.82) is 0 Å². The van der Waals surface area contributed by atoms with Crippen LogP contribution in [0.2, 0.25) is 0 Å². The van der Waals surface area contributed by atoms with E-state index in [-0.39, 0.29) is 24.2 Å². The van der Waals surface area contributed by atoms with Gasteiger partial charge >= 0.3 is 0 Å². The van der Waals surface area contributed by atoms with Gasteiger partial charge in [-0.25, -0.2) is 8.78 Å². The average Bonchev–Trinajstić information content (AvgIpc) is 3.58. The van der Waals surface area contributed by atoms with Gasteiger partial charge in [0.15, 0.2) is 5.82 Å². The van der Waals surface area contributed by atoms with Gasteiger partial charge in [0.25, 0.3) is 0 Å². The minimum atomic E-state index is -0.792. The van der Waals surface area contributed by atoms with Crippen molar-refractivity contribution in [3.05, 3.63) is 41.4 Å². The summed E-state index contributed by atoms with van der Waals surface area (Å²) in [5.41, 5.74) is 1.06. The van der Waals surface area contributed by atoms with Crippen LogP contribution in [-0.4, -0.2) is 70.2 Å². The molecule has 3 N–H and O–H groups in total. The molecule has 2 aliphatic rings. The Hall–Kier alpha value is -3.45. The zero-order chi connectivity index (χ0) is 23.5. The summed E-state index contributed by atoms with van der Waals surface area (Å²) in [5, 5.41) is 13.5. The Balaban J connectivity index is 1.44. The highest BCUT2D eigenvalue weighted by Crippen LogP contribution is 2.39. The molecule has 5 rings (SSSR count). The second-order valence-corrected chi connectivity index (χ2v) is 8.16. The third-order valence-electron chi connectivity index (χ3n) is 5.58. The van der Waals surface area contributed by atoms with E-state index >= 15 is 0 Å². The maximum absolute atomic E-state index is 14.4. The van der Waals surface area contributed by atoms with Crippen LogP contribution in [0.1, 0.15) is 36.2 Å². The first-order valence-electron chi connectivity index (χ1n) is 11.1. The number of nitrogens with one attached hydrogen (secondary N) is 3. The first-order valence-corrected chi connectivity index (χ1v) is 11.1. The van der Waals surface area contributed by atoms with E-state index in [9.17, 15) is 8.78 Å². The molecule has 0 radical (unpaired) electrons. The van der Waals surface area contributed by atoms with E-state index in [0.29, 0.717) is 44.0 Å². The molecule has 3 aromatic rings. The van der Waals surface area contributed by atoms with Gasteiger partial charge in [-0.2, -0.15) is 20.1 Å². The lowest BCUT2D eigenvalue weighted by Crippen LogP contribution is -2.37. The third kappa shape index (κ3) is 5.20. The van der Waals surface area contributed by atoms with Gasteiger partial charge in [-0.3, -0.25) is 10.1 Å². The van der Waals surface area contributed by atoms with Crippen molar-refractivity contribution >= 4 is 23.7 Å². The fourth-order valence-corrected chi connectivity index (χ4v) is 3.70. The second-order valence-electron chi connectivity index (χ2n) is 8.16. The number of ether oxygens (including phenoxy) is 2. The van der Waals surface area contributed by atoms with E-state index < -0.39 is 17.7 Å². The second kappa shape index (κ2) is 9.81. The zero-order valence-corrected chi connectivity index (χ0v) is 18.6. The monoisotopic (exact) mass is 473 g/mol. The molecular formula is C21H25F2N9O2. The minimum absolute atomic E-state index is 0.00697. The first kappa shape index (κ1) is 22.3. The fraction of sp³-hybridized carbons (Fsp3) is 0.476. The fourth-order valence-electron chi connectivity index (χ4n) is 3.70. The molecule has 0 amide bonds. The lowest BCUT2D eigenvalue weighted by atomic mass is 10.2. The van der Waals surface area contributed by atoms with Gasteiger partial charge in [-0.15, -0.1) is 0 Å². The van der Waals surface area contributed by atoms with Gasteiger partial charge in [0.1, 0.15) is 17.3 Å². The number of aromatic amines is 1. The largest absolute Gasteiger partial charge is 0.382 e. The van der Waals surface area contributed by atoms with Gasteiger partial charge in [0.05, 0.1) is 32.1 Å². The van der Waals surface area contributed by atoms with Crippen LogP contribution in [0.15, 0.2) is 18.3 Å². The highest BCUT2D eigenvalue weighted by Gasteiger charge is 2.26. The summed E-state index contributed by atoms with van der Waals surface area (Å²) in [6.07, 6.45) is 3.26. The molecule has 1 atom stereocenters. The van der Waals surface area contributed by atoms with E-state index in [1.165, 1.54) is 7.11 Å². The quantitative estimate of drug-likeness (QED) is 0.427. The standard InChI is InChI=1S/C21H25F2N9O2/c1-33-11-16(18-14(23)8-13(22)10-24-18)25-19-27-20(26-17-9-15(30-31-17)12-2-3-12)29-21(28-19)32-4-6-34-7-5-32/h8-10,12,16H,2-7,11H2,1H3,(H3,25,26,27,28,29,30,31)/t16-/m0/s1. The molecule has 1 saturated heterocycles. The summed E-state index contributed by atoms with van der Waals surface area (Å²) in [4.78, 5) is 19.4. The Morgan fingerprint density at radius 1 is 1.18 bits per heavy atom. The number of H-pyrrole nitrogens is 1. The molecule has 0 bridgehead atoms. The van der Waals surface area contributed by atoms with E-state index in [1.54, 1.807) is 0 Å². The molecular weight excluding hydrogens is 448 g/mol. The van der Waals surface area contributed by atoms with Crippen LogP contribution in [0.5, 0.6) is 0 Å². The summed E-state index contributed by atoms with van der Waals surface area (Å²) in [6.45, 7) is 2.40. The Bertz CT molecular complexity index is 1140. The summed E-state index contributed by atoms with van der Waals surface area (Å²) >= 11 is 0. The van der Waals surface area contributed by atoms with Crippen molar-refractivity contribution in [2.45, 2.75) is 24.8 Å². The smallest absolute Gasteiger partial charge is 0.235 e. The third-order valence-corrected chi connectivity index (χ3v) is 5.58. The molecule has 1 aliphatic heterocycles. The molecule has 0 aromatic carbocycles. The Morgan fingerprint density at radius 3 is 2.71 bits per heavy atom. The van der Waals surface area contributed by atoms with E-state index in [4.69, 9.17) is 9.47 Å². The van der Waals surface area contributed by atoms with Crippen LogP contribution in [-0.2, 0) is 9.47 Å². The minimum Gasteiger partial charge on any atom is -0.382 e. The topological polar surface area (TPSA) is 126 Å². The maximum atomic E-state index is 14.4. The van der Waals surface area contributed by atoms with Crippen molar-refractivity contribution in [3.8, 4) is 0 Å². The normalized spacial score (nSPS) is 17.0. The number of halogens is 2. The SMILES string of the molecule is COC[C@H](Nc1nc(Nc2cc(C3CC3)[nH]n2)nc(N2CCOCC2)n1)c1ncc(F)cc1F. The van der Waals surface area contributed by atoms with Crippen molar-refractivity contribution in [2.24, 2.45) is 0 Å². The van der Waals surface area contributed by atoms with E-state index in [1.807, 2.05) is 11.0 Å². The molecule has 0 unspecified atom stereocenters. The van der Waals surface area contributed by atoms with Crippen LogP contribution in [0, 0.1) is 11.6 Å². The predicted molar refractivity (Wildman–Crippen MR) is 119 cm³/mol. The summed E-state index contributed by atoms with van der Waals surface area (Å²) in [7, 11) is 1.48. The van der Waals surface area contributed by atoms with Crippen LogP contribution in [0.25, 0.3) is 0 Å². The molecule has 0 spiro atoms. The van der Waals surface area contributed by atoms with Gasteiger partial charge in [0, 0.05) is 43.9 Å². The number of rotatable bonds is 9. The Labute approximate surface area is 194 Å². The van der Waals surface area contributed by atoms with Crippen LogP contribution < -0.4 is 15.5 Å². The molecule has 13 heteroatoms. The number of methoxy groups -OCH3 is 1. The number of aromatic nitrogens is 6. The zero-order valence-electron chi connectivity index (χ0n) is 18.6. The lowest BCUT2D eigenvalue weighted by molar-refractivity contribution is 0.122. The van der Waals surface area contributed by atoms with Crippen molar-refractivity contribution < 1.29 is 18.3 Å². The molecule has 34 heavy (non-hydrogen) atoms. The number of hydrogen-bond acceptors (Lipinski definition) is 10. The van der Waals surface area contributed by atoms with Crippen molar-refractivity contribution in [3.63, 3.8) is 0 Å². The lowest BCUT2D eigenvalue weighted by Gasteiger charge is -2.27. The first-order chi connectivity index (χ1) is 16.6. The van der Waals surface area contributed by atoms with Crippen molar-refractivity contribution in [1.82, 2.24) is 30.1 Å². The van der Waals surface area contributed by atoms with Crippen LogP contribution in [0.3, 0.4) is 0 Å². The molecule has 1 saturated carbocycles. The molecule has 11 nitrogen and oxygen atoms in total. The molecule has 180 valence electrons. The van der Waals surface area contributed by atoms with Gasteiger partial charge in [-0.1, -0.05) is 0 Å². The highest BCUT2D eigenvalue weighted by molar-refractivity contribution is 5.53. The number of nitrogens with zero attached hydrogens (tertiary/aromatic N) is 6. The molecule has 1 aliphatic carbocycles. The van der Waals surface area contributed by atoms with Gasteiger partial charge in [-0.05, 0) is 12.8 Å². The number of anilines is 4. The summed E-state index contributed by atoms with van der Waals surface area (Å²) in [6, 6.07) is 1.96. The maximum Gasteiger partial charge on any atom is 0.235 e. The number of pyridine rings is 1. The van der Waals surface area contributed by atoms with Gasteiger partial charge < -0.3 is 25.0 Å². The predicted octanol–water partition coefficient (Wildman–Crippen LogP) is 2.53. The molecule has 2 fully saturated rings. The number of morpholine rings is 1. The average molecular weight is 473 g/mol. The molecule has 4 heterocycles. The van der Waals surface area contributed by atoms with Crippen LogP contribution >= 0.6 is 0 Å². The summed E-state index contributed by atoms with van der Waals surface area (Å²) in [5.74, 6) is 0.455. The van der Waals surface area contributed by atoms with Gasteiger partial charge in [0.2, 0.25) is 17.8 Å². The van der Waals surface area contributed by atoms with Crippen LogP contribution in [0.4, 0.5) is 32.4 Å².